The van der Waals surface area contributed by atoms with Gasteiger partial charge in [-0.05, 0) is 51.9 Å². The van der Waals surface area contributed by atoms with Crippen LogP contribution in [0.4, 0.5) is 11.8 Å². The molecule has 4 heterocycles. The molecule has 1 aliphatic heterocycles. The number of anilines is 2. The predicted molar refractivity (Wildman–Crippen MR) is 139 cm³/mol. The van der Waals surface area contributed by atoms with Crippen molar-refractivity contribution in [1.82, 2.24) is 24.8 Å². The quantitative estimate of drug-likeness (QED) is 0.479. The minimum absolute atomic E-state index is 0.118. The van der Waals surface area contributed by atoms with E-state index in [4.69, 9.17) is 19.2 Å². The van der Waals surface area contributed by atoms with Gasteiger partial charge in [-0.3, -0.25) is 4.98 Å². The summed E-state index contributed by atoms with van der Waals surface area (Å²) in [5.41, 5.74) is 0.908. The Kier molecular flexibility index (Phi) is 7.92. The van der Waals surface area contributed by atoms with Crippen molar-refractivity contribution < 1.29 is 14.2 Å². The van der Waals surface area contributed by atoms with Crippen molar-refractivity contribution in [3.05, 3.63) is 36.8 Å². The maximum Gasteiger partial charge on any atom is 0.225 e. The molecule has 36 heavy (non-hydrogen) atoms. The highest BCUT2D eigenvalue weighted by Gasteiger charge is 2.25. The molecule has 2 fully saturated rings. The number of hydrogen-bond donors (Lipinski definition) is 1. The number of hydrogen-bond acceptors (Lipinski definition) is 10. The molecule has 5 rings (SSSR count). The van der Waals surface area contributed by atoms with Crippen LogP contribution in [0.1, 0.15) is 25.7 Å². The van der Waals surface area contributed by atoms with Gasteiger partial charge < -0.3 is 29.3 Å². The van der Waals surface area contributed by atoms with Gasteiger partial charge in [0, 0.05) is 37.9 Å². The molecule has 0 radical (unpaired) electrons. The SMILES string of the molecule is CN(C)CCOc1cnc(NC2CCC(Oc3nc(N4CCOCC4)cc4ncccc34)CC2)nc1. The second-order valence-electron chi connectivity index (χ2n) is 9.59. The number of pyridine rings is 2. The van der Waals surface area contributed by atoms with Gasteiger partial charge in [-0.1, -0.05) is 0 Å². The van der Waals surface area contributed by atoms with Crippen LogP contribution in [-0.2, 0) is 4.74 Å². The molecule has 0 aromatic carbocycles. The Hall–Kier alpha value is -3.24. The molecule has 0 unspecified atom stereocenters. The van der Waals surface area contributed by atoms with E-state index in [1.165, 1.54) is 0 Å². The number of morpholine rings is 1. The van der Waals surface area contributed by atoms with E-state index in [0.29, 0.717) is 43.4 Å². The van der Waals surface area contributed by atoms with Gasteiger partial charge >= 0.3 is 0 Å². The number of likely N-dealkylation sites (N-methyl/N-ethyl adjacent to an activating group) is 1. The molecule has 3 aromatic rings. The highest BCUT2D eigenvalue weighted by atomic mass is 16.5. The fourth-order valence-electron chi connectivity index (χ4n) is 4.55. The number of nitrogens with one attached hydrogen (secondary N) is 1. The summed E-state index contributed by atoms with van der Waals surface area (Å²) in [7, 11) is 4.04. The van der Waals surface area contributed by atoms with Crippen LogP contribution in [0.15, 0.2) is 36.8 Å². The van der Waals surface area contributed by atoms with E-state index in [-0.39, 0.29) is 6.10 Å². The first-order valence-electron chi connectivity index (χ1n) is 12.8. The first kappa shape index (κ1) is 24.5. The lowest BCUT2D eigenvalue weighted by atomic mass is 9.93. The largest absolute Gasteiger partial charge is 0.489 e. The van der Waals surface area contributed by atoms with Gasteiger partial charge in [-0.15, -0.1) is 0 Å². The van der Waals surface area contributed by atoms with Crippen molar-refractivity contribution in [2.24, 2.45) is 0 Å². The van der Waals surface area contributed by atoms with E-state index < -0.39 is 0 Å². The number of fused-ring (bicyclic) bond motifs is 1. The van der Waals surface area contributed by atoms with E-state index in [0.717, 1.165) is 62.0 Å². The Labute approximate surface area is 212 Å². The Balaban J connectivity index is 1.17. The molecule has 1 N–H and O–H groups in total. The van der Waals surface area contributed by atoms with E-state index in [1.807, 2.05) is 38.5 Å². The fraction of sp³-hybridized carbons (Fsp3) is 0.538. The molecular weight excluding hydrogens is 458 g/mol. The zero-order valence-corrected chi connectivity index (χ0v) is 21.1. The number of rotatable bonds is 9. The topological polar surface area (TPSA) is 97.8 Å². The van der Waals surface area contributed by atoms with Crippen LogP contribution in [0.3, 0.4) is 0 Å². The zero-order valence-electron chi connectivity index (χ0n) is 21.1. The van der Waals surface area contributed by atoms with Gasteiger partial charge in [-0.2, -0.15) is 4.98 Å². The smallest absolute Gasteiger partial charge is 0.225 e. The average molecular weight is 494 g/mol. The van der Waals surface area contributed by atoms with Gasteiger partial charge in [0.25, 0.3) is 0 Å². The molecule has 1 aliphatic carbocycles. The maximum atomic E-state index is 6.48. The number of aromatic nitrogens is 4. The van der Waals surface area contributed by atoms with Crippen molar-refractivity contribution >= 4 is 22.7 Å². The van der Waals surface area contributed by atoms with Gasteiger partial charge in [0.05, 0.1) is 36.5 Å². The Bertz CT molecular complexity index is 1110. The molecule has 0 amide bonds. The third kappa shape index (κ3) is 6.30. The Morgan fingerprint density at radius 2 is 1.86 bits per heavy atom. The first-order valence-corrected chi connectivity index (χ1v) is 12.8. The van der Waals surface area contributed by atoms with Crippen LogP contribution in [-0.4, -0.2) is 90.5 Å². The van der Waals surface area contributed by atoms with E-state index in [9.17, 15) is 0 Å². The normalized spacial score (nSPS) is 20.5. The van der Waals surface area contributed by atoms with Gasteiger partial charge in [0.1, 0.15) is 18.5 Å². The summed E-state index contributed by atoms with van der Waals surface area (Å²) in [6.45, 7) is 4.54. The molecule has 10 nitrogen and oxygen atoms in total. The van der Waals surface area contributed by atoms with Crippen molar-refractivity contribution in [3.8, 4) is 11.6 Å². The second kappa shape index (κ2) is 11.7. The molecule has 0 spiro atoms. The van der Waals surface area contributed by atoms with Crippen molar-refractivity contribution in [2.75, 3.05) is 63.8 Å². The summed E-state index contributed by atoms with van der Waals surface area (Å²) in [5, 5.41) is 4.42. The fourth-order valence-corrected chi connectivity index (χ4v) is 4.55. The monoisotopic (exact) mass is 493 g/mol. The summed E-state index contributed by atoms with van der Waals surface area (Å²) < 4.78 is 17.7. The van der Waals surface area contributed by atoms with Gasteiger partial charge in [0.15, 0.2) is 5.75 Å². The summed E-state index contributed by atoms with van der Waals surface area (Å²) in [4.78, 5) is 22.6. The highest BCUT2D eigenvalue weighted by molar-refractivity contribution is 5.85. The second-order valence-corrected chi connectivity index (χ2v) is 9.59. The van der Waals surface area contributed by atoms with E-state index >= 15 is 0 Å². The Morgan fingerprint density at radius 3 is 2.61 bits per heavy atom. The molecule has 0 atom stereocenters. The molecule has 10 heteroatoms. The minimum Gasteiger partial charge on any atom is -0.489 e. The molecular formula is C26H35N7O3. The van der Waals surface area contributed by atoms with Crippen molar-refractivity contribution in [1.29, 1.82) is 0 Å². The van der Waals surface area contributed by atoms with Crippen molar-refractivity contribution in [3.63, 3.8) is 0 Å². The predicted octanol–water partition coefficient (Wildman–Crippen LogP) is 3.00. The molecule has 0 bridgehead atoms. The number of ether oxygens (including phenoxy) is 3. The van der Waals surface area contributed by atoms with E-state index in [1.54, 1.807) is 12.4 Å². The van der Waals surface area contributed by atoms with E-state index in [2.05, 4.69) is 30.1 Å². The lowest BCUT2D eigenvalue weighted by Gasteiger charge is -2.31. The van der Waals surface area contributed by atoms with Crippen LogP contribution in [0.5, 0.6) is 11.6 Å². The van der Waals surface area contributed by atoms with Crippen LogP contribution >= 0.6 is 0 Å². The lowest BCUT2D eigenvalue weighted by molar-refractivity contribution is 0.122. The average Bonchev–Trinajstić information content (AvgIpc) is 2.91. The van der Waals surface area contributed by atoms with Crippen LogP contribution < -0.4 is 19.7 Å². The van der Waals surface area contributed by atoms with Gasteiger partial charge in [0.2, 0.25) is 11.8 Å². The summed E-state index contributed by atoms with van der Waals surface area (Å²) >= 11 is 0. The van der Waals surface area contributed by atoms with Crippen LogP contribution in [0.25, 0.3) is 10.9 Å². The third-order valence-corrected chi connectivity index (χ3v) is 6.61. The molecule has 1 saturated carbocycles. The molecule has 192 valence electrons. The summed E-state index contributed by atoms with van der Waals surface area (Å²) in [6, 6.07) is 6.33. The third-order valence-electron chi connectivity index (χ3n) is 6.61. The Morgan fingerprint density at radius 1 is 1.08 bits per heavy atom. The molecule has 1 saturated heterocycles. The van der Waals surface area contributed by atoms with Gasteiger partial charge in [-0.25, -0.2) is 9.97 Å². The minimum atomic E-state index is 0.118. The van der Waals surface area contributed by atoms with Crippen LogP contribution in [0.2, 0.25) is 0 Å². The lowest BCUT2D eigenvalue weighted by Crippen LogP contribution is -2.37. The molecule has 2 aliphatic rings. The standard InChI is InChI=1S/C26H35N7O3/c1-32(2)10-15-35-21-17-28-26(29-18-21)30-19-5-7-20(8-6-19)36-25-22-4-3-9-27-23(22)16-24(31-25)33-11-13-34-14-12-33/h3-4,9,16-20H,5-8,10-15H2,1-2H3,(H,28,29,30). The maximum absolute atomic E-state index is 6.48. The summed E-state index contributed by atoms with van der Waals surface area (Å²) in [5.74, 6) is 2.90. The van der Waals surface area contributed by atoms with Crippen molar-refractivity contribution in [2.45, 2.75) is 37.8 Å². The first-order chi connectivity index (χ1) is 17.6. The highest BCUT2D eigenvalue weighted by Crippen LogP contribution is 2.31. The summed E-state index contributed by atoms with van der Waals surface area (Å²) in [6.07, 6.45) is 9.23. The zero-order chi connectivity index (χ0) is 24.7. The van der Waals surface area contributed by atoms with Crippen LogP contribution in [0, 0.1) is 0 Å². The molecule has 3 aromatic heterocycles. The number of nitrogens with zero attached hydrogens (tertiary/aromatic N) is 6.